The van der Waals surface area contributed by atoms with E-state index in [9.17, 15) is 18.0 Å². The summed E-state index contributed by atoms with van der Waals surface area (Å²) < 4.78 is 42.4. The molecule has 12 heteroatoms. The van der Waals surface area contributed by atoms with E-state index in [1.54, 1.807) is 10.9 Å². The highest BCUT2D eigenvalue weighted by molar-refractivity contribution is 9.10. The molecule has 0 bridgehead atoms. The Kier molecular flexibility index (Phi) is 5.41. The minimum atomic E-state index is -4.65. The standard InChI is InChI=1S/C16H15BrClF3N6O/c1-4-26-6-9(18)10(23-26)7-25(3)15(28)13-12(17)14-22-8(2)5-11(16(19,20)21)27(14)24-13/h5-6H,4,7H2,1-3H3. The van der Waals surface area contributed by atoms with Gasteiger partial charge in [0.25, 0.3) is 5.91 Å². The monoisotopic (exact) mass is 478 g/mol. The van der Waals surface area contributed by atoms with Crippen LogP contribution in [0.3, 0.4) is 0 Å². The third-order valence-electron chi connectivity index (χ3n) is 4.00. The topological polar surface area (TPSA) is 68.3 Å². The van der Waals surface area contributed by atoms with Crippen LogP contribution in [0.15, 0.2) is 16.7 Å². The number of fused-ring (bicyclic) bond motifs is 1. The molecule has 3 heterocycles. The van der Waals surface area contributed by atoms with Gasteiger partial charge in [0, 0.05) is 25.5 Å². The van der Waals surface area contributed by atoms with E-state index in [0.29, 0.717) is 21.8 Å². The maximum atomic E-state index is 13.3. The lowest BCUT2D eigenvalue weighted by Crippen LogP contribution is -2.27. The SMILES string of the molecule is CCn1cc(Cl)c(CN(C)C(=O)c2nn3c(C(F)(F)F)cc(C)nc3c2Br)n1. The van der Waals surface area contributed by atoms with Crippen LogP contribution in [-0.2, 0) is 19.3 Å². The first-order valence-electron chi connectivity index (χ1n) is 8.13. The number of hydrogen-bond acceptors (Lipinski definition) is 4. The fourth-order valence-corrected chi connectivity index (χ4v) is 3.35. The van der Waals surface area contributed by atoms with Gasteiger partial charge in [-0.2, -0.15) is 23.4 Å². The Balaban J connectivity index is 1.99. The van der Waals surface area contributed by atoms with E-state index in [4.69, 9.17) is 11.6 Å². The van der Waals surface area contributed by atoms with Crippen LogP contribution in [0, 0.1) is 6.92 Å². The first kappa shape index (κ1) is 20.6. The third kappa shape index (κ3) is 3.72. The van der Waals surface area contributed by atoms with Crippen molar-refractivity contribution in [2.75, 3.05) is 7.05 Å². The van der Waals surface area contributed by atoms with Gasteiger partial charge in [0.05, 0.1) is 16.0 Å². The zero-order chi connectivity index (χ0) is 20.8. The van der Waals surface area contributed by atoms with Gasteiger partial charge in [-0.1, -0.05) is 11.6 Å². The Bertz CT molecular complexity index is 1060. The molecule has 28 heavy (non-hydrogen) atoms. The molecule has 3 rings (SSSR count). The molecular weight excluding hydrogens is 465 g/mol. The minimum absolute atomic E-state index is 0.0730. The second kappa shape index (κ2) is 7.36. The molecule has 0 unspecified atom stereocenters. The fourth-order valence-electron chi connectivity index (χ4n) is 2.63. The minimum Gasteiger partial charge on any atom is -0.334 e. The summed E-state index contributed by atoms with van der Waals surface area (Å²) >= 11 is 9.28. The van der Waals surface area contributed by atoms with Gasteiger partial charge in [0.2, 0.25) is 0 Å². The molecule has 0 fully saturated rings. The van der Waals surface area contributed by atoms with Crippen LogP contribution in [0.2, 0.25) is 5.02 Å². The van der Waals surface area contributed by atoms with Crippen molar-refractivity contribution in [3.8, 4) is 0 Å². The van der Waals surface area contributed by atoms with Crippen molar-refractivity contribution in [1.82, 2.24) is 29.3 Å². The number of halogens is 5. The van der Waals surface area contributed by atoms with Crippen molar-refractivity contribution < 1.29 is 18.0 Å². The summed E-state index contributed by atoms with van der Waals surface area (Å²) in [5.41, 5.74) is -0.648. The van der Waals surface area contributed by atoms with Crippen LogP contribution in [0.4, 0.5) is 13.2 Å². The van der Waals surface area contributed by atoms with E-state index in [0.717, 1.165) is 6.07 Å². The lowest BCUT2D eigenvalue weighted by molar-refractivity contribution is -0.142. The molecular formula is C16H15BrClF3N6O. The predicted octanol–water partition coefficient (Wildman–Crippen LogP) is 3.96. The van der Waals surface area contributed by atoms with Gasteiger partial charge in [-0.25, -0.2) is 9.50 Å². The Morgan fingerprint density at radius 3 is 2.61 bits per heavy atom. The first-order valence-corrected chi connectivity index (χ1v) is 9.30. The Morgan fingerprint density at radius 1 is 1.36 bits per heavy atom. The summed E-state index contributed by atoms with van der Waals surface area (Å²) in [6.45, 7) is 4.02. The zero-order valence-electron chi connectivity index (χ0n) is 15.1. The van der Waals surface area contributed by atoms with Crippen LogP contribution in [0.1, 0.15) is 34.5 Å². The molecule has 0 spiro atoms. The highest BCUT2D eigenvalue weighted by Crippen LogP contribution is 2.32. The number of carbonyl (C=O) groups is 1. The first-order chi connectivity index (χ1) is 13.0. The Morgan fingerprint density at radius 2 is 2.04 bits per heavy atom. The van der Waals surface area contributed by atoms with Crippen molar-refractivity contribution in [3.05, 3.63) is 44.5 Å². The highest BCUT2D eigenvalue weighted by atomic mass is 79.9. The molecule has 150 valence electrons. The highest BCUT2D eigenvalue weighted by Gasteiger charge is 2.36. The fraction of sp³-hybridized carbons (Fsp3) is 0.375. The van der Waals surface area contributed by atoms with Crippen molar-refractivity contribution in [2.45, 2.75) is 33.1 Å². The van der Waals surface area contributed by atoms with Crippen LogP contribution in [0.5, 0.6) is 0 Å². The average Bonchev–Trinajstić information content (AvgIpc) is 3.13. The number of alkyl halides is 3. The van der Waals surface area contributed by atoms with E-state index in [1.165, 1.54) is 18.9 Å². The largest absolute Gasteiger partial charge is 0.433 e. The van der Waals surface area contributed by atoms with Gasteiger partial charge in [-0.15, -0.1) is 0 Å². The predicted molar refractivity (Wildman–Crippen MR) is 99.1 cm³/mol. The van der Waals surface area contributed by atoms with Gasteiger partial charge in [-0.3, -0.25) is 9.48 Å². The number of rotatable bonds is 4. The van der Waals surface area contributed by atoms with Gasteiger partial charge in [0.15, 0.2) is 11.3 Å². The van der Waals surface area contributed by atoms with Crippen LogP contribution in [-0.4, -0.2) is 42.2 Å². The van der Waals surface area contributed by atoms with E-state index >= 15 is 0 Å². The number of hydrogen-bond donors (Lipinski definition) is 0. The molecule has 0 aromatic carbocycles. The quantitative estimate of drug-likeness (QED) is 0.568. The summed E-state index contributed by atoms with van der Waals surface area (Å²) in [4.78, 5) is 18.2. The summed E-state index contributed by atoms with van der Waals surface area (Å²) in [6, 6.07) is 0.877. The lowest BCUT2D eigenvalue weighted by atomic mass is 10.3. The molecule has 1 amide bonds. The molecule has 0 radical (unpaired) electrons. The van der Waals surface area contributed by atoms with Gasteiger partial charge in [-0.05, 0) is 35.8 Å². The molecule has 3 aromatic heterocycles. The van der Waals surface area contributed by atoms with Crippen LogP contribution >= 0.6 is 27.5 Å². The van der Waals surface area contributed by atoms with E-state index in [-0.39, 0.29) is 28.1 Å². The van der Waals surface area contributed by atoms with E-state index < -0.39 is 17.8 Å². The average molecular weight is 480 g/mol. The van der Waals surface area contributed by atoms with Gasteiger partial charge < -0.3 is 4.90 Å². The Labute approximate surface area is 171 Å². The van der Waals surface area contributed by atoms with Crippen molar-refractivity contribution in [3.63, 3.8) is 0 Å². The summed E-state index contributed by atoms with van der Waals surface area (Å²) in [7, 11) is 1.49. The molecule has 0 aliphatic carbocycles. The van der Waals surface area contributed by atoms with Crippen molar-refractivity contribution in [1.29, 1.82) is 0 Å². The molecule has 0 saturated heterocycles. The Hall–Kier alpha value is -2.14. The van der Waals surface area contributed by atoms with Crippen LogP contribution < -0.4 is 0 Å². The normalized spacial score (nSPS) is 12.0. The van der Waals surface area contributed by atoms with Gasteiger partial charge in [0.1, 0.15) is 11.4 Å². The maximum absolute atomic E-state index is 13.3. The second-order valence-electron chi connectivity index (χ2n) is 6.12. The summed E-state index contributed by atoms with van der Waals surface area (Å²) in [5, 5.41) is 8.52. The number of aryl methyl sites for hydroxylation is 2. The number of aromatic nitrogens is 5. The van der Waals surface area contributed by atoms with Crippen molar-refractivity contribution >= 4 is 39.1 Å². The molecule has 0 aliphatic heterocycles. The molecule has 0 saturated carbocycles. The van der Waals surface area contributed by atoms with Crippen molar-refractivity contribution in [2.24, 2.45) is 0 Å². The molecule has 0 N–H and O–H groups in total. The molecule has 0 aliphatic rings. The van der Waals surface area contributed by atoms with E-state index in [1.807, 2.05) is 6.92 Å². The number of nitrogens with zero attached hydrogens (tertiary/aromatic N) is 6. The molecule has 3 aromatic rings. The summed E-state index contributed by atoms with van der Waals surface area (Å²) in [5.74, 6) is -0.592. The second-order valence-corrected chi connectivity index (χ2v) is 7.32. The maximum Gasteiger partial charge on any atom is 0.433 e. The number of carbonyl (C=O) groups excluding carboxylic acids is 1. The van der Waals surface area contributed by atoms with Crippen LogP contribution in [0.25, 0.3) is 5.65 Å². The molecule has 7 nitrogen and oxygen atoms in total. The summed E-state index contributed by atoms with van der Waals surface area (Å²) in [6.07, 6.45) is -3.01. The van der Waals surface area contributed by atoms with E-state index in [2.05, 4.69) is 31.1 Å². The lowest BCUT2D eigenvalue weighted by Gasteiger charge is -2.14. The van der Waals surface area contributed by atoms with Gasteiger partial charge >= 0.3 is 6.18 Å². The smallest absolute Gasteiger partial charge is 0.334 e. The third-order valence-corrected chi connectivity index (χ3v) is 5.04. The number of amides is 1. The zero-order valence-corrected chi connectivity index (χ0v) is 17.4. The molecule has 0 atom stereocenters.